The number of carbonyl (C=O) groups is 1. The number of amides is 1. The third-order valence-electron chi connectivity index (χ3n) is 1.10. The second kappa shape index (κ2) is 3.04. The molecule has 6 heteroatoms. The molecular formula is C6H7N3O3. The van der Waals surface area contributed by atoms with Crippen molar-refractivity contribution in [3.63, 3.8) is 0 Å². The summed E-state index contributed by atoms with van der Waals surface area (Å²) >= 11 is 0. The van der Waals surface area contributed by atoms with Crippen molar-refractivity contribution in [3.8, 4) is 0 Å². The van der Waals surface area contributed by atoms with Crippen LogP contribution in [0.25, 0.3) is 0 Å². The van der Waals surface area contributed by atoms with Crippen molar-refractivity contribution in [1.82, 2.24) is 9.66 Å². The fraction of sp³-hybridized carbons (Fsp3) is 0.167. The average Bonchev–Trinajstić information content (AvgIpc) is 1.94. The van der Waals surface area contributed by atoms with Crippen LogP contribution in [0, 0.1) is 0 Å². The Bertz CT molecular complexity index is 403. The molecule has 2 N–H and O–H groups in total. The molecule has 1 aromatic heterocycles. The monoisotopic (exact) mass is 169 g/mol. The molecule has 0 spiro atoms. The van der Waals surface area contributed by atoms with E-state index in [2.05, 4.69) is 5.43 Å². The summed E-state index contributed by atoms with van der Waals surface area (Å²) in [6.07, 6.45) is 1.18. The van der Waals surface area contributed by atoms with Gasteiger partial charge in [0, 0.05) is 19.2 Å². The Balaban J connectivity index is 3.10. The van der Waals surface area contributed by atoms with Gasteiger partial charge < -0.3 is 0 Å². The maximum absolute atomic E-state index is 10.9. The summed E-state index contributed by atoms with van der Waals surface area (Å²) in [5.41, 5.74) is 1.03. The van der Waals surface area contributed by atoms with Crippen LogP contribution >= 0.6 is 0 Å². The highest BCUT2D eigenvalue weighted by molar-refractivity contribution is 5.80. The minimum Gasteiger partial charge on any atom is -0.274 e. The largest absolute Gasteiger partial charge is 0.347 e. The van der Waals surface area contributed by atoms with Crippen LogP contribution in [0.4, 0.5) is 0 Å². The van der Waals surface area contributed by atoms with Gasteiger partial charge in [0.1, 0.15) is 0 Å². The maximum atomic E-state index is 10.9. The molecule has 0 saturated heterocycles. The van der Waals surface area contributed by atoms with Gasteiger partial charge in [-0.05, 0) is 0 Å². The van der Waals surface area contributed by atoms with E-state index in [0.717, 1.165) is 10.7 Å². The zero-order valence-electron chi connectivity index (χ0n) is 6.33. The number of hydrogen-bond acceptors (Lipinski definition) is 3. The molecule has 0 bridgehead atoms. The van der Waals surface area contributed by atoms with Crippen LogP contribution < -0.4 is 16.7 Å². The quantitative estimate of drug-likeness (QED) is 0.543. The molecule has 1 rings (SSSR count). The molecule has 0 fully saturated rings. The van der Waals surface area contributed by atoms with Crippen LogP contribution in [0.1, 0.15) is 6.92 Å². The standard InChI is InChI=1S/C6H7N3O3/c1-4(10)8-9-3-2-5(11)7-6(9)12/h2-3H,1H3,(H,8,10)(H,7,11,12). The predicted molar refractivity (Wildman–Crippen MR) is 41.4 cm³/mol. The summed E-state index contributed by atoms with van der Waals surface area (Å²) in [6.45, 7) is 1.26. The van der Waals surface area contributed by atoms with Crippen LogP contribution in [-0.4, -0.2) is 15.6 Å². The Morgan fingerprint density at radius 2 is 2.25 bits per heavy atom. The van der Waals surface area contributed by atoms with Crippen molar-refractivity contribution in [2.24, 2.45) is 0 Å². The number of carbonyl (C=O) groups excluding carboxylic acids is 1. The normalized spacial score (nSPS) is 9.42. The predicted octanol–water partition coefficient (Wildman–Crippen LogP) is -1.37. The minimum atomic E-state index is -0.669. The first kappa shape index (κ1) is 8.25. The van der Waals surface area contributed by atoms with Crippen molar-refractivity contribution >= 4 is 5.91 Å². The van der Waals surface area contributed by atoms with Crippen LogP contribution in [0.2, 0.25) is 0 Å². The van der Waals surface area contributed by atoms with Gasteiger partial charge in [-0.2, -0.15) is 0 Å². The summed E-state index contributed by atoms with van der Waals surface area (Å²) in [5, 5.41) is 0. The van der Waals surface area contributed by atoms with Gasteiger partial charge in [0.2, 0.25) is 5.91 Å². The van der Waals surface area contributed by atoms with Gasteiger partial charge in [-0.1, -0.05) is 0 Å². The first-order chi connectivity index (χ1) is 5.59. The lowest BCUT2D eigenvalue weighted by molar-refractivity contribution is -0.115. The maximum Gasteiger partial charge on any atom is 0.347 e. The number of aromatic nitrogens is 2. The van der Waals surface area contributed by atoms with Crippen molar-refractivity contribution in [1.29, 1.82) is 0 Å². The van der Waals surface area contributed by atoms with Crippen molar-refractivity contribution in [2.45, 2.75) is 6.92 Å². The van der Waals surface area contributed by atoms with E-state index in [1.54, 1.807) is 0 Å². The van der Waals surface area contributed by atoms with Gasteiger partial charge in [0.05, 0.1) is 0 Å². The molecule has 0 saturated carbocycles. The van der Waals surface area contributed by atoms with Gasteiger partial charge >= 0.3 is 5.69 Å². The third kappa shape index (κ3) is 1.82. The molecule has 0 aromatic carbocycles. The second-order valence-electron chi connectivity index (χ2n) is 2.15. The Morgan fingerprint density at radius 3 is 2.75 bits per heavy atom. The average molecular weight is 169 g/mol. The van der Waals surface area contributed by atoms with E-state index >= 15 is 0 Å². The molecule has 0 atom stereocenters. The molecular weight excluding hydrogens is 162 g/mol. The van der Waals surface area contributed by atoms with Gasteiger partial charge in [-0.15, -0.1) is 0 Å². The Kier molecular flexibility index (Phi) is 2.09. The van der Waals surface area contributed by atoms with E-state index in [9.17, 15) is 14.4 Å². The van der Waals surface area contributed by atoms with Crippen LogP contribution in [0.15, 0.2) is 21.9 Å². The number of nitrogens with one attached hydrogen (secondary N) is 2. The fourth-order valence-electron chi connectivity index (χ4n) is 0.675. The molecule has 0 aliphatic rings. The number of nitrogens with zero attached hydrogens (tertiary/aromatic N) is 1. The summed E-state index contributed by atoms with van der Waals surface area (Å²) in [7, 11) is 0. The fourth-order valence-corrected chi connectivity index (χ4v) is 0.675. The van der Waals surface area contributed by atoms with Crippen LogP contribution in [0.3, 0.4) is 0 Å². The number of rotatable bonds is 1. The van der Waals surface area contributed by atoms with Crippen molar-refractivity contribution < 1.29 is 4.79 Å². The Morgan fingerprint density at radius 1 is 1.58 bits per heavy atom. The first-order valence-corrected chi connectivity index (χ1v) is 3.19. The molecule has 0 unspecified atom stereocenters. The van der Waals surface area contributed by atoms with E-state index in [1.807, 2.05) is 4.98 Å². The highest BCUT2D eigenvalue weighted by atomic mass is 16.2. The molecule has 0 aliphatic heterocycles. The summed E-state index contributed by atoms with van der Waals surface area (Å²) in [6, 6.07) is 1.14. The van der Waals surface area contributed by atoms with Gasteiger partial charge in [-0.3, -0.25) is 20.0 Å². The molecule has 1 aromatic rings. The van der Waals surface area contributed by atoms with E-state index in [1.165, 1.54) is 13.1 Å². The summed E-state index contributed by atoms with van der Waals surface area (Å²) in [5.74, 6) is -0.385. The highest BCUT2D eigenvalue weighted by Crippen LogP contribution is 1.68. The number of aromatic amines is 1. The van der Waals surface area contributed by atoms with E-state index in [4.69, 9.17) is 0 Å². The van der Waals surface area contributed by atoms with E-state index in [-0.39, 0.29) is 5.91 Å². The Hall–Kier alpha value is -1.85. The van der Waals surface area contributed by atoms with Crippen molar-refractivity contribution in [3.05, 3.63) is 33.1 Å². The molecule has 0 aliphatic carbocycles. The zero-order chi connectivity index (χ0) is 9.14. The SMILES string of the molecule is CC(=O)Nn1ccc(=O)[nH]c1=O. The highest BCUT2D eigenvalue weighted by Gasteiger charge is 1.95. The lowest BCUT2D eigenvalue weighted by Crippen LogP contribution is -2.36. The Labute approximate surface area is 66.8 Å². The van der Waals surface area contributed by atoms with Gasteiger partial charge in [0.15, 0.2) is 0 Å². The summed E-state index contributed by atoms with van der Waals surface area (Å²) < 4.78 is 0.893. The molecule has 6 nitrogen and oxygen atoms in total. The molecule has 1 heterocycles. The van der Waals surface area contributed by atoms with Crippen LogP contribution in [0.5, 0.6) is 0 Å². The topological polar surface area (TPSA) is 84.0 Å². The first-order valence-electron chi connectivity index (χ1n) is 3.19. The smallest absolute Gasteiger partial charge is 0.274 e. The molecule has 0 radical (unpaired) electrons. The van der Waals surface area contributed by atoms with Crippen LogP contribution in [-0.2, 0) is 4.79 Å². The summed E-state index contributed by atoms with van der Waals surface area (Å²) in [4.78, 5) is 33.9. The molecule has 1 amide bonds. The number of hydrogen-bond donors (Lipinski definition) is 2. The van der Waals surface area contributed by atoms with Gasteiger partial charge in [-0.25, -0.2) is 9.47 Å². The number of H-pyrrole nitrogens is 1. The van der Waals surface area contributed by atoms with E-state index in [0.29, 0.717) is 0 Å². The zero-order valence-corrected chi connectivity index (χ0v) is 6.33. The minimum absolute atomic E-state index is 0.385. The lowest BCUT2D eigenvalue weighted by atomic mass is 10.6. The second-order valence-corrected chi connectivity index (χ2v) is 2.15. The molecule has 64 valence electrons. The third-order valence-corrected chi connectivity index (χ3v) is 1.10. The van der Waals surface area contributed by atoms with Gasteiger partial charge in [0.25, 0.3) is 5.56 Å². The van der Waals surface area contributed by atoms with E-state index < -0.39 is 11.2 Å². The van der Waals surface area contributed by atoms with Crippen molar-refractivity contribution in [2.75, 3.05) is 5.43 Å². The molecule has 12 heavy (non-hydrogen) atoms. The lowest BCUT2D eigenvalue weighted by Gasteiger charge is -2.02.